The summed E-state index contributed by atoms with van der Waals surface area (Å²) in [7, 11) is -3.97. The molecule has 126 valence electrons. The van der Waals surface area contributed by atoms with Crippen LogP contribution in [0.5, 0.6) is 0 Å². The number of rotatable bonds is 6. The lowest BCUT2D eigenvalue weighted by molar-refractivity contribution is -0.138. The first-order valence-electron chi connectivity index (χ1n) is 7.32. The second-order valence-electron chi connectivity index (χ2n) is 8.22. The maximum Gasteiger partial charge on any atom is 0.264 e. The Bertz CT molecular complexity index is 457. The predicted octanol–water partition coefficient (Wildman–Crippen LogP) is 2.87. The fraction of sp³-hybridized carbons (Fsp3) is 0.933. The summed E-state index contributed by atoms with van der Waals surface area (Å²) >= 11 is 0. The van der Waals surface area contributed by atoms with Gasteiger partial charge in [-0.05, 0) is 23.7 Å². The summed E-state index contributed by atoms with van der Waals surface area (Å²) in [6, 6.07) is 0. The van der Waals surface area contributed by atoms with Gasteiger partial charge in [-0.2, -0.15) is 8.42 Å². The third-order valence-electron chi connectivity index (χ3n) is 3.90. The van der Waals surface area contributed by atoms with Crippen molar-refractivity contribution in [3.63, 3.8) is 0 Å². The SMILES string of the molecule is CC(C)(C)CC(C)(C(=O)NCCCS(=O)(=O)O)C(C)(C)C. The Kier molecular flexibility index (Phi) is 6.45. The average molecular weight is 321 g/mol. The van der Waals surface area contributed by atoms with Crippen molar-refractivity contribution in [3.05, 3.63) is 0 Å². The summed E-state index contributed by atoms with van der Waals surface area (Å²) < 4.78 is 30.0. The molecule has 21 heavy (non-hydrogen) atoms. The molecule has 1 amide bonds. The third kappa shape index (κ3) is 7.27. The van der Waals surface area contributed by atoms with Gasteiger partial charge in [0.25, 0.3) is 10.1 Å². The Labute approximate surface area is 129 Å². The molecule has 0 radical (unpaired) electrons. The molecule has 1 atom stereocenters. The van der Waals surface area contributed by atoms with Gasteiger partial charge in [0.1, 0.15) is 0 Å². The molecule has 1 unspecified atom stereocenters. The summed E-state index contributed by atoms with van der Waals surface area (Å²) in [6.45, 7) is 14.6. The number of hydrogen-bond donors (Lipinski definition) is 2. The number of nitrogens with one attached hydrogen (secondary N) is 1. The molecular formula is C15H31NO4S. The molecule has 0 bridgehead atoms. The van der Waals surface area contributed by atoms with Gasteiger partial charge in [-0.1, -0.05) is 48.5 Å². The fourth-order valence-electron chi connectivity index (χ4n) is 2.40. The van der Waals surface area contributed by atoms with Crippen LogP contribution >= 0.6 is 0 Å². The van der Waals surface area contributed by atoms with Crippen molar-refractivity contribution in [2.24, 2.45) is 16.2 Å². The van der Waals surface area contributed by atoms with Crippen molar-refractivity contribution < 1.29 is 17.8 Å². The highest BCUT2D eigenvalue weighted by molar-refractivity contribution is 7.85. The largest absolute Gasteiger partial charge is 0.356 e. The quantitative estimate of drug-likeness (QED) is 0.582. The van der Waals surface area contributed by atoms with Crippen LogP contribution in [-0.2, 0) is 14.9 Å². The van der Waals surface area contributed by atoms with Crippen LogP contribution in [0.1, 0.15) is 61.3 Å². The van der Waals surface area contributed by atoms with Crippen LogP contribution in [-0.4, -0.2) is 31.2 Å². The van der Waals surface area contributed by atoms with E-state index in [2.05, 4.69) is 26.1 Å². The highest BCUT2D eigenvalue weighted by atomic mass is 32.2. The summed E-state index contributed by atoms with van der Waals surface area (Å²) in [5, 5.41) is 2.81. The standard InChI is InChI=1S/C15H31NO4S/c1-13(2,3)11-15(7,14(4,5)6)12(17)16-9-8-10-21(18,19)20/h8-11H2,1-7H3,(H,16,17)(H,18,19,20). The van der Waals surface area contributed by atoms with Crippen LogP contribution in [0.3, 0.4) is 0 Å². The Morgan fingerprint density at radius 3 is 1.86 bits per heavy atom. The predicted molar refractivity (Wildman–Crippen MR) is 85.7 cm³/mol. The van der Waals surface area contributed by atoms with E-state index in [0.717, 1.165) is 6.42 Å². The number of hydrogen-bond acceptors (Lipinski definition) is 3. The van der Waals surface area contributed by atoms with Crippen LogP contribution in [0.4, 0.5) is 0 Å². The van der Waals surface area contributed by atoms with Crippen molar-refractivity contribution in [2.45, 2.75) is 61.3 Å². The lowest BCUT2D eigenvalue weighted by Crippen LogP contribution is -2.49. The monoisotopic (exact) mass is 321 g/mol. The molecule has 0 spiro atoms. The molecule has 0 saturated heterocycles. The smallest absolute Gasteiger partial charge is 0.264 e. The molecule has 0 heterocycles. The van der Waals surface area contributed by atoms with Crippen LogP contribution in [0.25, 0.3) is 0 Å². The zero-order chi connectivity index (χ0) is 17.1. The van der Waals surface area contributed by atoms with Gasteiger partial charge in [0.15, 0.2) is 0 Å². The molecule has 0 saturated carbocycles. The zero-order valence-corrected chi connectivity index (χ0v) is 15.2. The Balaban J connectivity index is 4.84. The van der Waals surface area contributed by atoms with E-state index in [-0.39, 0.29) is 35.5 Å². The number of carbonyl (C=O) groups excluding carboxylic acids is 1. The van der Waals surface area contributed by atoms with E-state index in [1.165, 1.54) is 0 Å². The van der Waals surface area contributed by atoms with Crippen molar-refractivity contribution >= 4 is 16.0 Å². The Morgan fingerprint density at radius 2 is 1.52 bits per heavy atom. The topological polar surface area (TPSA) is 83.5 Å². The normalized spacial score (nSPS) is 16.4. The first-order chi connectivity index (χ1) is 9.08. The van der Waals surface area contributed by atoms with E-state index in [1.54, 1.807) is 0 Å². The first kappa shape index (κ1) is 20.4. The van der Waals surface area contributed by atoms with Crippen molar-refractivity contribution in [2.75, 3.05) is 12.3 Å². The average Bonchev–Trinajstić information content (AvgIpc) is 2.18. The molecule has 0 aliphatic rings. The zero-order valence-electron chi connectivity index (χ0n) is 14.4. The van der Waals surface area contributed by atoms with Gasteiger partial charge in [0, 0.05) is 6.54 Å². The summed E-state index contributed by atoms with van der Waals surface area (Å²) in [4.78, 5) is 12.6. The van der Waals surface area contributed by atoms with Crippen LogP contribution in [0.2, 0.25) is 0 Å². The first-order valence-corrected chi connectivity index (χ1v) is 8.93. The molecule has 0 aliphatic carbocycles. The summed E-state index contributed by atoms with van der Waals surface area (Å²) in [5.41, 5.74) is -0.759. The van der Waals surface area contributed by atoms with Crippen LogP contribution in [0, 0.1) is 16.2 Å². The van der Waals surface area contributed by atoms with Gasteiger partial charge >= 0.3 is 0 Å². The molecular weight excluding hydrogens is 290 g/mol. The van der Waals surface area contributed by atoms with Crippen molar-refractivity contribution in [1.82, 2.24) is 5.32 Å². The van der Waals surface area contributed by atoms with Gasteiger partial charge in [0.05, 0.1) is 11.2 Å². The minimum Gasteiger partial charge on any atom is -0.356 e. The van der Waals surface area contributed by atoms with Gasteiger partial charge in [-0.15, -0.1) is 0 Å². The van der Waals surface area contributed by atoms with E-state index in [1.807, 2.05) is 27.7 Å². The van der Waals surface area contributed by atoms with Gasteiger partial charge in [-0.25, -0.2) is 0 Å². The Hall–Kier alpha value is -0.620. The third-order valence-corrected chi connectivity index (χ3v) is 4.71. The van der Waals surface area contributed by atoms with Crippen LogP contribution < -0.4 is 5.32 Å². The van der Waals surface area contributed by atoms with Crippen molar-refractivity contribution in [1.29, 1.82) is 0 Å². The van der Waals surface area contributed by atoms with Gasteiger partial charge in [-0.3, -0.25) is 9.35 Å². The number of amides is 1. The lowest BCUT2D eigenvalue weighted by atomic mass is 9.61. The van der Waals surface area contributed by atoms with E-state index in [4.69, 9.17) is 4.55 Å². The highest BCUT2D eigenvalue weighted by Gasteiger charge is 2.46. The van der Waals surface area contributed by atoms with Gasteiger partial charge in [0.2, 0.25) is 5.91 Å². The minimum atomic E-state index is -3.97. The minimum absolute atomic E-state index is 0.00775. The second-order valence-corrected chi connectivity index (χ2v) is 9.79. The van der Waals surface area contributed by atoms with E-state index < -0.39 is 15.5 Å². The summed E-state index contributed by atoms with van der Waals surface area (Å²) in [6.07, 6.45) is 0.938. The fourth-order valence-corrected chi connectivity index (χ4v) is 2.91. The maximum absolute atomic E-state index is 12.6. The van der Waals surface area contributed by atoms with Crippen molar-refractivity contribution in [3.8, 4) is 0 Å². The lowest BCUT2D eigenvalue weighted by Gasteiger charge is -2.44. The van der Waals surface area contributed by atoms with E-state index >= 15 is 0 Å². The van der Waals surface area contributed by atoms with E-state index in [9.17, 15) is 13.2 Å². The molecule has 0 rings (SSSR count). The van der Waals surface area contributed by atoms with Crippen LogP contribution in [0.15, 0.2) is 0 Å². The highest BCUT2D eigenvalue weighted by Crippen LogP contribution is 2.46. The molecule has 0 aromatic carbocycles. The molecule has 0 aromatic rings. The number of carbonyl (C=O) groups is 1. The summed E-state index contributed by atoms with van der Waals surface area (Å²) in [5.74, 6) is -0.404. The van der Waals surface area contributed by atoms with Gasteiger partial charge < -0.3 is 5.32 Å². The maximum atomic E-state index is 12.6. The molecule has 0 aliphatic heterocycles. The molecule has 0 fully saturated rings. The van der Waals surface area contributed by atoms with E-state index in [0.29, 0.717) is 0 Å². The Morgan fingerprint density at radius 1 is 1.05 bits per heavy atom. The molecule has 6 heteroatoms. The molecule has 5 nitrogen and oxygen atoms in total. The molecule has 2 N–H and O–H groups in total. The molecule has 0 aromatic heterocycles. The second kappa shape index (κ2) is 6.65.